The smallest absolute Gasteiger partial charge is 0.256 e. The number of amides is 1. The predicted molar refractivity (Wildman–Crippen MR) is 69.4 cm³/mol. The van der Waals surface area contributed by atoms with E-state index >= 15 is 0 Å². The molecule has 4 nitrogen and oxygen atoms in total. The second-order valence-corrected chi connectivity index (χ2v) is 4.82. The van der Waals surface area contributed by atoms with Gasteiger partial charge < -0.3 is 15.0 Å². The van der Waals surface area contributed by atoms with Crippen molar-refractivity contribution in [1.29, 1.82) is 0 Å². The van der Waals surface area contributed by atoms with Gasteiger partial charge in [-0.2, -0.15) is 0 Å². The number of benzene rings is 1. The molecule has 0 aliphatic heterocycles. The van der Waals surface area contributed by atoms with Crippen molar-refractivity contribution in [3.8, 4) is 0 Å². The van der Waals surface area contributed by atoms with Crippen molar-refractivity contribution in [2.24, 2.45) is 0 Å². The first-order chi connectivity index (χ1) is 9.22. The number of fused-ring (bicyclic) bond motifs is 1. The fourth-order valence-electron chi connectivity index (χ4n) is 2.41. The fourth-order valence-corrected chi connectivity index (χ4v) is 2.41. The number of nitrogens with zero attached hydrogens (tertiary/aromatic N) is 1. The van der Waals surface area contributed by atoms with Crippen LogP contribution in [0.25, 0.3) is 10.9 Å². The Labute approximate surface area is 109 Å². The highest BCUT2D eigenvalue weighted by atomic mass is 19.1. The highest BCUT2D eigenvalue weighted by molar-refractivity contribution is 6.07. The Bertz CT molecular complexity index is 619. The number of aliphatic hydroxyl groups excluding tert-OH is 1. The van der Waals surface area contributed by atoms with Gasteiger partial charge >= 0.3 is 0 Å². The molecule has 1 aliphatic rings. The van der Waals surface area contributed by atoms with Gasteiger partial charge in [-0.1, -0.05) is 6.07 Å². The van der Waals surface area contributed by atoms with Crippen LogP contribution in [0.2, 0.25) is 0 Å². The SMILES string of the molecule is O=C(c1c[nH]c2cccc(F)c12)N(CCO)C1CC1. The van der Waals surface area contributed by atoms with E-state index in [1.165, 1.54) is 6.07 Å². The third-order valence-corrected chi connectivity index (χ3v) is 3.47. The Hall–Kier alpha value is -1.88. The van der Waals surface area contributed by atoms with E-state index in [0.29, 0.717) is 23.0 Å². The summed E-state index contributed by atoms with van der Waals surface area (Å²) in [4.78, 5) is 17.0. The normalized spacial score (nSPS) is 14.8. The molecule has 19 heavy (non-hydrogen) atoms. The average Bonchev–Trinajstić information content (AvgIpc) is 3.14. The van der Waals surface area contributed by atoms with E-state index in [0.717, 1.165) is 12.8 Å². The van der Waals surface area contributed by atoms with E-state index in [2.05, 4.69) is 4.98 Å². The molecule has 1 aromatic carbocycles. The largest absolute Gasteiger partial charge is 0.395 e. The number of carbonyl (C=O) groups is 1. The van der Waals surface area contributed by atoms with Crippen molar-refractivity contribution in [2.45, 2.75) is 18.9 Å². The minimum Gasteiger partial charge on any atom is -0.395 e. The molecular formula is C14H15FN2O2. The Balaban J connectivity index is 2.01. The van der Waals surface area contributed by atoms with E-state index in [1.54, 1.807) is 23.2 Å². The van der Waals surface area contributed by atoms with Gasteiger partial charge in [0.2, 0.25) is 0 Å². The van der Waals surface area contributed by atoms with Gasteiger partial charge in [0, 0.05) is 29.7 Å². The van der Waals surface area contributed by atoms with Crippen LogP contribution >= 0.6 is 0 Å². The van der Waals surface area contributed by atoms with Gasteiger partial charge in [0.05, 0.1) is 12.2 Å². The van der Waals surface area contributed by atoms with Crippen LogP contribution in [0.5, 0.6) is 0 Å². The van der Waals surface area contributed by atoms with Gasteiger partial charge in [0.15, 0.2) is 0 Å². The lowest BCUT2D eigenvalue weighted by Gasteiger charge is -2.20. The maximum Gasteiger partial charge on any atom is 0.256 e. The van der Waals surface area contributed by atoms with Crippen molar-refractivity contribution < 1.29 is 14.3 Å². The average molecular weight is 262 g/mol. The molecule has 3 rings (SSSR count). The summed E-state index contributed by atoms with van der Waals surface area (Å²) in [7, 11) is 0. The van der Waals surface area contributed by atoms with Crippen molar-refractivity contribution in [2.75, 3.05) is 13.2 Å². The summed E-state index contributed by atoms with van der Waals surface area (Å²) in [6, 6.07) is 4.88. The number of hydrogen-bond donors (Lipinski definition) is 2. The van der Waals surface area contributed by atoms with Crippen LogP contribution in [0.1, 0.15) is 23.2 Å². The zero-order valence-electron chi connectivity index (χ0n) is 10.4. The third-order valence-electron chi connectivity index (χ3n) is 3.47. The Morgan fingerprint density at radius 3 is 2.95 bits per heavy atom. The van der Waals surface area contributed by atoms with E-state index in [1.807, 2.05) is 0 Å². The molecule has 100 valence electrons. The van der Waals surface area contributed by atoms with E-state index in [9.17, 15) is 9.18 Å². The van der Waals surface area contributed by atoms with Crippen molar-refractivity contribution in [3.05, 3.63) is 35.8 Å². The van der Waals surface area contributed by atoms with Gasteiger partial charge in [-0.3, -0.25) is 4.79 Å². The Kier molecular flexibility index (Phi) is 2.98. The zero-order chi connectivity index (χ0) is 13.4. The topological polar surface area (TPSA) is 56.3 Å². The minimum absolute atomic E-state index is 0.0763. The first kappa shape index (κ1) is 12.2. The maximum absolute atomic E-state index is 13.9. The Morgan fingerprint density at radius 2 is 2.26 bits per heavy atom. The molecule has 5 heteroatoms. The number of rotatable bonds is 4. The molecule has 1 heterocycles. The van der Waals surface area contributed by atoms with Gasteiger partial charge in [0.1, 0.15) is 5.82 Å². The standard InChI is InChI=1S/C14H15FN2O2/c15-11-2-1-3-12-13(11)10(8-16-12)14(19)17(6-7-18)9-4-5-9/h1-3,8-9,16,18H,4-7H2. The van der Waals surface area contributed by atoms with Crippen LogP contribution in [-0.4, -0.2) is 40.1 Å². The van der Waals surface area contributed by atoms with Crippen LogP contribution in [0.4, 0.5) is 4.39 Å². The highest BCUT2D eigenvalue weighted by Crippen LogP contribution is 2.30. The minimum atomic E-state index is -0.401. The molecule has 1 saturated carbocycles. The summed E-state index contributed by atoms with van der Waals surface area (Å²) in [6.45, 7) is 0.220. The summed E-state index contributed by atoms with van der Waals surface area (Å²) in [5, 5.41) is 9.38. The van der Waals surface area contributed by atoms with Crippen LogP contribution in [-0.2, 0) is 0 Å². The lowest BCUT2D eigenvalue weighted by atomic mass is 10.1. The van der Waals surface area contributed by atoms with Gasteiger partial charge in [0.25, 0.3) is 5.91 Å². The fraction of sp³-hybridized carbons (Fsp3) is 0.357. The lowest BCUT2D eigenvalue weighted by molar-refractivity contribution is 0.0709. The molecule has 0 bridgehead atoms. The monoisotopic (exact) mass is 262 g/mol. The molecule has 0 saturated heterocycles. The van der Waals surface area contributed by atoms with Crippen LogP contribution in [0.3, 0.4) is 0 Å². The molecular weight excluding hydrogens is 247 g/mol. The molecule has 1 aliphatic carbocycles. The molecule has 1 fully saturated rings. The van der Waals surface area contributed by atoms with E-state index in [-0.39, 0.29) is 18.6 Å². The number of carbonyl (C=O) groups excluding carboxylic acids is 1. The Morgan fingerprint density at radius 1 is 1.47 bits per heavy atom. The van der Waals surface area contributed by atoms with Crippen molar-refractivity contribution in [3.63, 3.8) is 0 Å². The first-order valence-electron chi connectivity index (χ1n) is 6.40. The maximum atomic E-state index is 13.9. The number of hydrogen-bond acceptors (Lipinski definition) is 2. The second kappa shape index (κ2) is 4.66. The van der Waals surface area contributed by atoms with E-state index < -0.39 is 5.82 Å². The number of aromatic amines is 1. The predicted octanol–water partition coefficient (Wildman–Crippen LogP) is 1.90. The third kappa shape index (κ3) is 2.10. The first-order valence-corrected chi connectivity index (χ1v) is 6.40. The van der Waals surface area contributed by atoms with Gasteiger partial charge in [-0.15, -0.1) is 0 Å². The number of aliphatic hydroxyl groups is 1. The molecule has 0 unspecified atom stereocenters. The quantitative estimate of drug-likeness (QED) is 0.884. The summed E-state index contributed by atoms with van der Waals surface area (Å²) in [5.41, 5.74) is 0.955. The highest BCUT2D eigenvalue weighted by Gasteiger charge is 2.33. The molecule has 0 atom stereocenters. The molecule has 1 amide bonds. The van der Waals surface area contributed by atoms with Gasteiger partial charge in [-0.25, -0.2) is 4.39 Å². The molecule has 2 aromatic rings. The molecule has 1 aromatic heterocycles. The summed E-state index contributed by atoms with van der Waals surface area (Å²) in [5.74, 6) is -0.616. The van der Waals surface area contributed by atoms with E-state index in [4.69, 9.17) is 5.11 Å². The zero-order valence-corrected chi connectivity index (χ0v) is 10.4. The lowest BCUT2D eigenvalue weighted by Crippen LogP contribution is -2.35. The van der Waals surface area contributed by atoms with Crippen LogP contribution in [0.15, 0.2) is 24.4 Å². The molecule has 0 radical (unpaired) electrons. The number of nitrogens with one attached hydrogen (secondary N) is 1. The summed E-state index contributed by atoms with van der Waals surface area (Å²) < 4.78 is 13.9. The summed E-state index contributed by atoms with van der Waals surface area (Å²) in [6.07, 6.45) is 3.45. The van der Waals surface area contributed by atoms with Crippen LogP contribution in [0, 0.1) is 5.82 Å². The number of aromatic nitrogens is 1. The number of H-pyrrole nitrogens is 1. The van der Waals surface area contributed by atoms with Crippen LogP contribution < -0.4 is 0 Å². The molecule has 2 N–H and O–H groups in total. The summed E-state index contributed by atoms with van der Waals surface area (Å²) >= 11 is 0. The van der Waals surface area contributed by atoms with Gasteiger partial charge in [-0.05, 0) is 25.0 Å². The molecule has 0 spiro atoms. The second-order valence-electron chi connectivity index (χ2n) is 4.82. The van der Waals surface area contributed by atoms with Crippen molar-refractivity contribution >= 4 is 16.8 Å². The van der Waals surface area contributed by atoms with Crippen molar-refractivity contribution in [1.82, 2.24) is 9.88 Å². The number of halogens is 1.